The van der Waals surface area contributed by atoms with Crippen molar-refractivity contribution in [2.75, 3.05) is 43.1 Å². The lowest BCUT2D eigenvalue weighted by Gasteiger charge is -2.27. The molecule has 0 unspecified atom stereocenters. The van der Waals surface area contributed by atoms with Crippen LogP contribution < -0.4 is 10.2 Å². The van der Waals surface area contributed by atoms with Gasteiger partial charge in [-0.15, -0.1) is 11.3 Å². The summed E-state index contributed by atoms with van der Waals surface area (Å²) in [5.41, 5.74) is 2.61. The third kappa shape index (κ3) is 6.36. The number of benzene rings is 2. The average Bonchev–Trinajstić information content (AvgIpc) is 3.29. The molecule has 2 heterocycles. The van der Waals surface area contributed by atoms with Crippen molar-refractivity contribution < 1.29 is 19.4 Å². The molecule has 1 aliphatic heterocycles. The van der Waals surface area contributed by atoms with E-state index < -0.39 is 6.10 Å². The number of carbonyl (C=O) groups excluding carboxylic acids is 2. The van der Waals surface area contributed by atoms with Gasteiger partial charge in [-0.1, -0.05) is 41.9 Å². The van der Waals surface area contributed by atoms with Crippen LogP contribution in [-0.4, -0.2) is 60.8 Å². The van der Waals surface area contributed by atoms with Gasteiger partial charge in [0.2, 0.25) is 0 Å². The summed E-state index contributed by atoms with van der Waals surface area (Å²) in [6.07, 6.45) is -0.788. The number of ether oxygens (including phenoxy) is 1. The standard InChI is InChI=1S/C25H26ClN3O4S/c26-23-11-10-22(34-23)25(32)28(15-18-4-2-1-3-5-18)16-21(30)14-27-19-6-8-20(9-7-19)29-12-13-33-17-24(29)31/h1-11,21,27,30H,12-17H2/t21-/m1/s1. The van der Waals surface area contributed by atoms with Gasteiger partial charge < -0.3 is 25.0 Å². The van der Waals surface area contributed by atoms with E-state index in [0.717, 1.165) is 16.9 Å². The van der Waals surface area contributed by atoms with Crippen molar-refractivity contribution in [3.05, 3.63) is 81.5 Å². The van der Waals surface area contributed by atoms with Gasteiger partial charge >= 0.3 is 0 Å². The maximum absolute atomic E-state index is 13.1. The van der Waals surface area contributed by atoms with Crippen LogP contribution in [0.15, 0.2) is 66.7 Å². The van der Waals surface area contributed by atoms with E-state index in [1.807, 2.05) is 54.6 Å². The summed E-state index contributed by atoms with van der Waals surface area (Å²) >= 11 is 7.25. The monoisotopic (exact) mass is 499 g/mol. The highest BCUT2D eigenvalue weighted by molar-refractivity contribution is 7.17. The lowest BCUT2D eigenvalue weighted by Crippen LogP contribution is -2.41. The molecule has 0 saturated carbocycles. The second-order valence-electron chi connectivity index (χ2n) is 7.95. The van der Waals surface area contributed by atoms with Gasteiger partial charge in [0.25, 0.3) is 11.8 Å². The Hall–Kier alpha value is -2.91. The summed E-state index contributed by atoms with van der Waals surface area (Å²) in [7, 11) is 0. The van der Waals surface area contributed by atoms with Crippen LogP contribution in [-0.2, 0) is 16.1 Å². The quantitative estimate of drug-likeness (QED) is 0.467. The molecule has 0 aliphatic carbocycles. The van der Waals surface area contributed by atoms with Gasteiger partial charge in [-0.25, -0.2) is 0 Å². The van der Waals surface area contributed by atoms with Gasteiger partial charge in [0, 0.05) is 37.6 Å². The van der Waals surface area contributed by atoms with Crippen LogP contribution in [0.2, 0.25) is 4.34 Å². The number of aliphatic hydroxyl groups excluding tert-OH is 1. The Labute approximate surface area is 207 Å². The highest BCUT2D eigenvalue weighted by atomic mass is 35.5. The number of halogens is 1. The Morgan fingerprint density at radius 3 is 2.59 bits per heavy atom. The first-order chi connectivity index (χ1) is 16.5. The molecular formula is C25H26ClN3O4S. The molecule has 1 saturated heterocycles. The first kappa shape index (κ1) is 24.2. The number of aliphatic hydroxyl groups is 1. The van der Waals surface area contributed by atoms with Crippen molar-refractivity contribution in [2.24, 2.45) is 0 Å². The number of nitrogens with zero attached hydrogens (tertiary/aromatic N) is 2. The van der Waals surface area contributed by atoms with Gasteiger partial charge in [-0.3, -0.25) is 9.59 Å². The SMILES string of the molecule is O=C(c1ccc(Cl)s1)N(Cc1ccccc1)C[C@H](O)CNc1ccc(N2CCOCC2=O)cc1. The number of amides is 2. The number of rotatable bonds is 9. The molecule has 1 fully saturated rings. The zero-order valence-electron chi connectivity index (χ0n) is 18.5. The van der Waals surface area contributed by atoms with E-state index >= 15 is 0 Å². The smallest absolute Gasteiger partial charge is 0.264 e. The zero-order valence-corrected chi connectivity index (χ0v) is 20.1. The van der Waals surface area contributed by atoms with Crippen molar-refractivity contribution >= 4 is 46.1 Å². The number of morpholine rings is 1. The first-order valence-corrected chi connectivity index (χ1v) is 12.2. The van der Waals surface area contributed by atoms with E-state index in [1.165, 1.54) is 11.3 Å². The van der Waals surface area contributed by atoms with Gasteiger partial charge in [0.15, 0.2) is 0 Å². The molecule has 0 spiro atoms. The second-order valence-corrected chi connectivity index (χ2v) is 9.67. The van der Waals surface area contributed by atoms with E-state index in [4.69, 9.17) is 16.3 Å². The second kappa shape index (κ2) is 11.5. The molecule has 4 rings (SSSR count). The fourth-order valence-electron chi connectivity index (χ4n) is 3.71. The molecule has 178 valence electrons. The third-order valence-electron chi connectivity index (χ3n) is 5.43. The van der Waals surface area contributed by atoms with E-state index in [-0.39, 0.29) is 31.5 Å². The summed E-state index contributed by atoms with van der Waals surface area (Å²) in [5.74, 6) is -0.225. The summed E-state index contributed by atoms with van der Waals surface area (Å²) in [6, 6.07) is 20.5. The maximum Gasteiger partial charge on any atom is 0.264 e. The normalized spacial score (nSPS) is 14.6. The van der Waals surface area contributed by atoms with E-state index in [0.29, 0.717) is 28.9 Å². The highest BCUT2D eigenvalue weighted by Crippen LogP contribution is 2.24. The van der Waals surface area contributed by atoms with Crippen LogP contribution in [0.4, 0.5) is 11.4 Å². The van der Waals surface area contributed by atoms with Crippen molar-refractivity contribution in [3.8, 4) is 0 Å². The number of hydrogen-bond acceptors (Lipinski definition) is 6. The molecular weight excluding hydrogens is 474 g/mol. The molecule has 9 heteroatoms. The van der Waals surface area contributed by atoms with E-state index in [1.54, 1.807) is 21.9 Å². The van der Waals surface area contributed by atoms with Gasteiger partial charge in [-0.2, -0.15) is 0 Å². The zero-order chi connectivity index (χ0) is 23.9. The molecule has 7 nitrogen and oxygen atoms in total. The molecule has 1 aliphatic rings. The first-order valence-electron chi connectivity index (χ1n) is 11.0. The number of carbonyl (C=O) groups is 2. The van der Waals surface area contributed by atoms with Gasteiger partial charge in [0.05, 0.1) is 21.9 Å². The van der Waals surface area contributed by atoms with E-state index in [2.05, 4.69) is 5.32 Å². The third-order valence-corrected chi connectivity index (χ3v) is 6.64. The molecule has 1 atom stereocenters. The summed E-state index contributed by atoms with van der Waals surface area (Å²) in [5, 5.41) is 13.9. The average molecular weight is 500 g/mol. The van der Waals surface area contributed by atoms with Crippen LogP contribution in [0.5, 0.6) is 0 Å². The Balaban J connectivity index is 1.36. The Morgan fingerprint density at radius 1 is 1.15 bits per heavy atom. The minimum absolute atomic E-state index is 0.0578. The van der Waals surface area contributed by atoms with Crippen LogP contribution in [0.3, 0.4) is 0 Å². The maximum atomic E-state index is 13.1. The van der Waals surface area contributed by atoms with Crippen LogP contribution in [0.25, 0.3) is 0 Å². The van der Waals surface area contributed by atoms with Crippen molar-refractivity contribution in [1.29, 1.82) is 0 Å². The predicted molar refractivity (Wildman–Crippen MR) is 135 cm³/mol. The number of nitrogens with one attached hydrogen (secondary N) is 1. The van der Waals surface area contributed by atoms with Crippen LogP contribution >= 0.6 is 22.9 Å². The van der Waals surface area contributed by atoms with Crippen LogP contribution in [0, 0.1) is 0 Å². The molecule has 0 bridgehead atoms. The highest BCUT2D eigenvalue weighted by Gasteiger charge is 2.22. The number of hydrogen-bond donors (Lipinski definition) is 2. The Morgan fingerprint density at radius 2 is 1.91 bits per heavy atom. The molecule has 1 aromatic heterocycles. The van der Waals surface area contributed by atoms with Crippen LogP contribution in [0.1, 0.15) is 15.2 Å². The van der Waals surface area contributed by atoms with E-state index in [9.17, 15) is 14.7 Å². The fourth-order valence-corrected chi connectivity index (χ4v) is 4.72. The largest absolute Gasteiger partial charge is 0.389 e. The summed E-state index contributed by atoms with van der Waals surface area (Å²) in [4.78, 5) is 29.0. The minimum atomic E-state index is -0.788. The summed E-state index contributed by atoms with van der Waals surface area (Å²) < 4.78 is 5.72. The predicted octanol–water partition coefficient (Wildman–Crippen LogP) is 3.88. The lowest BCUT2D eigenvalue weighted by atomic mass is 10.2. The number of thiophene rings is 1. The fraction of sp³-hybridized carbons (Fsp3) is 0.280. The molecule has 34 heavy (non-hydrogen) atoms. The van der Waals surface area contributed by atoms with Gasteiger partial charge in [-0.05, 0) is 42.0 Å². The molecule has 2 N–H and O–H groups in total. The number of anilines is 2. The topological polar surface area (TPSA) is 82.1 Å². The van der Waals surface area contributed by atoms with Crippen molar-refractivity contribution in [1.82, 2.24) is 4.90 Å². The van der Waals surface area contributed by atoms with Crippen molar-refractivity contribution in [3.63, 3.8) is 0 Å². The Bertz CT molecular complexity index is 1110. The lowest BCUT2D eigenvalue weighted by molar-refractivity contribution is -0.125. The molecule has 2 amide bonds. The Kier molecular flexibility index (Phi) is 8.18. The minimum Gasteiger partial charge on any atom is -0.389 e. The summed E-state index contributed by atoms with van der Waals surface area (Å²) in [6.45, 7) is 1.96. The molecule has 2 aromatic carbocycles. The molecule has 3 aromatic rings. The molecule has 0 radical (unpaired) electrons. The van der Waals surface area contributed by atoms with Crippen molar-refractivity contribution in [2.45, 2.75) is 12.6 Å². The van der Waals surface area contributed by atoms with Gasteiger partial charge in [0.1, 0.15) is 6.61 Å².